The summed E-state index contributed by atoms with van der Waals surface area (Å²) in [6.45, 7) is 4.70. The van der Waals surface area contributed by atoms with Crippen molar-refractivity contribution in [3.63, 3.8) is 0 Å². The van der Waals surface area contributed by atoms with Crippen LogP contribution in [0.2, 0.25) is 0 Å². The van der Waals surface area contributed by atoms with Crippen molar-refractivity contribution in [1.29, 1.82) is 0 Å². The Morgan fingerprint density at radius 1 is 1.21 bits per heavy atom. The molecular formula is C16H17Br2N. The fraction of sp³-hybridized carbons (Fsp3) is 0.375. The van der Waals surface area contributed by atoms with E-state index in [9.17, 15) is 0 Å². The van der Waals surface area contributed by atoms with Gasteiger partial charge in [-0.3, -0.25) is 0 Å². The van der Waals surface area contributed by atoms with Crippen LogP contribution in [-0.2, 0) is 5.41 Å². The number of anilines is 1. The van der Waals surface area contributed by atoms with E-state index in [0.717, 1.165) is 4.47 Å². The lowest BCUT2D eigenvalue weighted by molar-refractivity contribution is 0.327. The SMILES string of the molecule is CN1c2cc(Br)ccc2C(C)(C)C2C=CC(Br)=CC21. The van der Waals surface area contributed by atoms with Crippen LogP contribution in [0.4, 0.5) is 5.69 Å². The van der Waals surface area contributed by atoms with Crippen LogP contribution in [0.5, 0.6) is 0 Å². The molecule has 1 aliphatic heterocycles. The van der Waals surface area contributed by atoms with Gasteiger partial charge in [-0.2, -0.15) is 0 Å². The first-order valence-electron chi connectivity index (χ1n) is 6.49. The monoisotopic (exact) mass is 381 g/mol. The maximum absolute atomic E-state index is 3.61. The third-order valence-electron chi connectivity index (χ3n) is 4.48. The molecule has 0 aromatic heterocycles. The number of allylic oxidation sites excluding steroid dienone is 2. The van der Waals surface area contributed by atoms with Gasteiger partial charge in [-0.1, -0.05) is 63.9 Å². The number of fused-ring (bicyclic) bond motifs is 2. The summed E-state index contributed by atoms with van der Waals surface area (Å²) in [6.07, 6.45) is 6.84. The second-order valence-electron chi connectivity index (χ2n) is 5.92. The number of nitrogens with zero attached hydrogens (tertiary/aromatic N) is 1. The number of hydrogen-bond acceptors (Lipinski definition) is 1. The predicted octanol–water partition coefficient (Wildman–Crippen LogP) is 5.01. The van der Waals surface area contributed by atoms with Crippen molar-refractivity contribution in [3.8, 4) is 0 Å². The van der Waals surface area contributed by atoms with Crippen LogP contribution in [0, 0.1) is 5.92 Å². The highest BCUT2D eigenvalue weighted by molar-refractivity contribution is 9.12. The third-order valence-corrected chi connectivity index (χ3v) is 5.50. The Morgan fingerprint density at radius 2 is 1.95 bits per heavy atom. The summed E-state index contributed by atoms with van der Waals surface area (Å²) in [6, 6.07) is 7.05. The van der Waals surface area contributed by atoms with E-state index in [-0.39, 0.29) is 5.41 Å². The van der Waals surface area contributed by atoms with Crippen LogP contribution < -0.4 is 4.90 Å². The molecule has 0 N–H and O–H groups in total. The lowest BCUT2D eigenvalue weighted by Crippen LogP contribution is -2.50. The van der Waals surface area contributed by atoms with Crippen LogP contribution in [0.3, 0.4) is 0 Å². The molecule has 2 aliphatic rings. The van der Waals surface area contributed by atoms with Crippen LogP contribution in [0.1, 0.15) is 19.4 Å². The largest absolute Gasteiger partial charge is 0.367 e. The first-order valence-corrected chi connectivity index (χ1v) is 8.08. The molecule has 0 saturated heterocycles. The zero-order valence-corrected chi connectivity index (χ0v) is 14.5. The number of halogens is 2. The molecule has 1 heterocycles. The highest BCUT2D eigenvalue weighted by Crippen LogP contribution is 2.48. The quantitative estimate of drug-likeness (QED) is 0.609. The zero-order chi connectivity index (χ0) is 13.8. The Bertz CT molecular complexity index is 586. The summed E-state index contributed by atoms with van der Waals surface area (Å²) < 4.78 is 2.32. The normalized spacial score (nSPS) is 27.6. The van der Waals surface area contributed by atoms with E-state index in [4.69, 9.17) is 0 Å². The van der Waals surface area contributed by atoms with Crippen molar-refractivity contribution < 1.29 is 0 Å². The summed E-state index contributed by atoms with van der Waals surface area (Å²) in [5, 5.41) is 0. The van der Waals surface area contributed by atoms with Crippen molar-refractivity contribution in [2.45, 2.75) is 25.3 Å². The standard InChI is InChI=1S/C16H17Br2N/c1-16(2)12-6-4-10(17)8-14(12)19(3)15-9-11(18)5-7-13(15)16/h4-9,12,14H,1-3H3. The molecule has 19 heavy (non-hydrogen) atoms. The van der Waals surface area contributed by atoms with Crippen LogP contribution in [-0.4, -0.2) is 13.1 Å². The molecular weight excluding hydrogens is 366 g/mol. The molecule has 1 aliphatic carbocycles. The summed E-state index contributed by atoms with van der Waals surface area (Å²) in [5.41, 5.74) is 2.90. The first kappa shape index (κ1) is 13.4. The number of hydrogen-bond donors (Lipinski definition) is 0. The smallest absolute Gasteiger partial charge is 0.0554 e. The van der Waals surface area contributed by atoms with Gasteiger partial charge in [-0.15, -0.1) is 0 Å². The van der Waals surface area contributed by atoms with Crippen molar-refractivity contribution in [2.24, 2.45) is 5.92 Å². The average molecular weight is 383 g/mol. The molecule has 0 radical (unpaired) electrons. The average Bonchev–Trinajstić information content (AvgIpc) is 2.35. The fourth-order valence-electron chi connectivity index (χ4n) is 3.33. The van der Waals surface area contributed by atoms with Gasteiger partial charge >= 0.3 is 0 Å². The Hall–Kier alpha value is -0.540. The fourth-order valence-corrected chi connectivity index (χ4v) is 4.11. The first-order chi connectivity index (χ1) is 8.91. The molecule has 0 saturated carbocycles. The van der Waals surface area contributed by atoms with Gasteiger partial charge in [-0.25, -0.2) is 0 Å². The van der Waals surface area contributed by atoms with Gasteiger partial charge in [0.25, 0.3) is 0 Å². The van der Waals surface area contributed by atoms with Crippen LogP contribution in [0.15, 0.2) is 45.4 Å². The van der Waals surface area contributed by atoms with Crippen LogP contribution >= 0.6 is 31.9 Å². The molecule has 2 unspecified atom stereocenters. The number of benzene rings is 1. The van der Waals surface area contributed by atoms with Crippen molar-refractivity contribution in [1.82, 2.24) is 0 Å². The molecule has 0 fully saturated rings. The van der Waals surface area contributed by atoms with Gasteiger partial charge in [0.1, 0.15) is 0 Å². The lowest BCUT2D eigenvalue weighted by Gasteiger charge is -2.49. The Kier molecular flexibility index (Phi) is 3.18. The van der Waals surface area contributed by atoms with Crippen molar-refractivity contribution >= 4 is 37.5 Å². The molecule has 1 aromatic carbocycles. The molecule has 3 heteroatoms. The van der Waals surface area contributed by atoms with E-state index >= 15 is 0 Å². The topological polar surface area (TPSA) is 3.24 Å². The minimum atomic E-state index is 0.147. The Balaban J connectivity index is 2.21. The third kappa shape index (κ3) is 2.02. The Morgan fingerprint density at radius 3 is 2.68 bits per heavy atom. The van der Waals surface area contributed by atoms with Crippen molar-refractivity contribution in [2.75, 3.05) is 11.9 Å². The van der Waals surface area contributed by atoms with Crippen molar-refractivity contribution in [3.05, 3.63) is 50.9 Å². The van der Waals surface area contributed by atoms with Gasteiger partial charge in [0.05, 0.1) is 6.04 Å². The van der Waals surface area contributed by atoms with E-state index in [1.807, 2.05) is 0 Å². The maximum Gasteiger partial charge on any atom is 0.0554 e. The van der Waals surface area contributed by atoms with E-state index in [1.54, 1.807) is 0 Å². The molecule has 0 bridgehead atoms. The number of likely N-dealkylation sites (N-methyl/N-ethyl adjacent to an activating group) is 1. The van der Waals surface area contributed by atoms with E-state index in [2.05, 4.69) is 94.1 Å². The molecule has 1 aromatic rings. The Labute approximate surface area is 131 Å². The minimum Gasteiger partial charge on any atom is -0.367 e. The molecule has 0 spiro atoms. The van der Waals surface area contributed by atoms with E-state index < -0.39 is 0 Å². The molecule has 0 amide bonds. The molecule has 1 nitrogen and oxygen atoms in total. The number of rotatable bonds is 0. The van der Waals surface area contributed by atoms with Gasteiger partial charge in [0.2, 0.25) is 0 Å². The zero-order valence-electron chi connectivity index (χ0n) is 11.3. The van der Waals surface area contributed by atoms with Gasteiger partial charge < -0.3 is 4.90 Å². The minimum absolute atomic E-state index is 0.147. The van der Waals surface area contributed by atoms with E-state index in [1.165, 1.54) is 15.7 Å². The highest BCUT2D eigenvalue weighted by Gasteiger charge is 2.43. The second-order valence-corrected chi connectivity index (χ2v) is 7.75. The van der Waals surface area contributed by atoms with E-state index in [0.29, 0.717) is 12.0 Å². The van der Waals surface area contributed by atoms with Gasteiger partial charge in [0.15, 0.2) is 0 Å². The molecule has 100 valence electrons. The summed E-state index contributed by atoms with van der Waals surface area (Å²) in [5.74, 6) is 0.507. The summed E-state index contributed by atoms with van der Waals surface area (Å²) >= 11 is 7.20. The summed E-state index contributed by atoms with van der Waals surface area (Å²) in [7, 11) is 2.19. The molecule has 2 atom stereocenters. The van der Waals surface area contributed by atoms with Gasteiger partial charge in [-0.05, 0) is 23.8 Å². The molecule has 3 rings (SSSR count). The van der Waals surface area contributed by atoms with Crippen LogP contribution in [0.25, 0.3) is 0 Å². The lowest BCUT2D eigenvalue weighted by atomic mass is 9.65. The second kappa shape index (κ2) is 4.49. The summed E-state index contributed by atoms with van der Waals surface area (Å²) in [4.78, 5) is 2.39. The highest BCUT2D eigenvalue weighted by atomic mass is 79.9. The maximum atomic E-state index is 3.61. The van der Waals surface area contributed by atoms with Gasteiger partial charge in [0, 0.05) is 33.0 Å². The predicted molar refractivity (Wildman–Crippen MR) is 89.0 cm³/mol.